The van der Waals surface area contributed by atoms with Crippen LogP contribution >= 0.6 is 0 Å². The van der Waals surface area contributed by atoms with Crippen molar-refractivity contribution < 1.29 is 29.3 Å². The SMILES string of the molecule is COc1ccc(C(=O)N2CC(OC)CC2C(=O)O)c(O)c1. The van der Waals surface area contributed by atoms with E-state index in [-0.39, 0.29) is 30.4 Å². The molecule has 114 valence electrons. The number of carbonyl (C=O) groups is 2. The largest absolute Gasteiger partial charge is 0.507 e. The molecule has 2 rings (SSSR count). The van der Waals surface area contributed by atoms with E-state index >= 15 is 0 Å². The number of rotatable bonds is 4. The van der Waals surface area contributed by atoms with Gasteiger partial charge in [0.1, 0.15) is 17.5 Å². The van der Waals surface area contributed by atoms with Gasteiger partial charge in [-0.05, 0) is 12.1 Å². The molecule has 0 spiro atoms. The first kappa shape index (κ1) is 15.1. The normalized spacial score (nSPS) is 21.3. The van der Waals surface area contributed by atoms with Crippen LogP contribution in [0.2, 0.25) is 0 Å². The number of ether oxygens (including phenoxy) is 2. The number of methoxy groups -OCH3 is 2. The van der Waals surface area contributed by atoms with Crippen molar-refractivity contribution in [3.63, 3.8) is 0 Å². The zero-order chi connectivity index (χ0) is 15.6. The third-order valence-corrected chi connectivity index (χ3v) is 3.58. The molecule has 0 saturated carbocycles. The van der Waals surface area contributed by atoms with Crippen LogP contribution in [0.1, 0.15) is 16.8 Å². The minimum absolute atomic E-state index is 0.0406. The van der Waals surface area contributed by atoms with E-state index in [0.717, 1.165) is 0 Å². The van der Waals surface area contributed by atoms with Gasteiger partial charge < -0.3 is 24.6 Å². The highest BCUT2D eigenvalue weighted by molar-refractivity contribution is 5.99. The molecule has 0 bridgehead atoms. The van der Waals surface area contributed by atoms with E-state index in [4.69, 9.17) is 9.47 Å². The molecule has 1 amide bonds. The van der Waals surface area contributed by atoms with Crippen LogP contribution in [0.15, 0.2) is 18.2 Å². The minimum atomic E-state index is -1.09. The van der Waals surface area contributed by atoms with Gasteiger partial charge in [-0.3, -0.25) is 4.79 Å². The molecule has 1 aromatic carbocycles. The van der Waals surface area contributed by atoms with E-state index in [0.29, 0.717) is 5.75 Å². The summed E-state index contributed by atoms with van der Waals surface area (Å²) in [6, 6.07) is 3.30. The second-order valence-electron chi connectivity index (χ2n) is 4.79. The van der Waals surface area contributed by atoms with Crippen LogP contribution in [0.25, 0.3) is 0 Å². The van der Waals surface area contributed by atoms with Gasteiger partial charge in [-0.15, -0.1) is 0 Å². The summed E-state index contributed by atoms with van der Waals surface area (Å²) < 4.78 is 10.1. The Morgan fingerprint density at radius 1 is 1.33 bits per heavy atom. The van der Waals surface area contributed by atoms with Crippen molar-refractivity contribution >= 4 is 11.9 Å². The fourth-order valence-electron chi connectivity index (χ4n) is 2.40. The maximum Gasteiger partial charge on any atom is 0.326 e. The highest BCUT2D eigenvalue weighted by atomic mass is 16.5. The molecule has 2 N–H and O–H groups in total. The first-order valence-electron chi connectivity index (χ1n) is 6.41. The molecule has 1 saturated heterocycles. The van der Waals surface area contributed by atoms with Crippen molar-refractivity contribution in [2.45, 2.75) is 18.6 Å². The van der Waals surface area contributed by atoms with Crippen LogP contribution in [0.5, 0.6) is 11.5 Å². The van der Waals surface area contributed by atoms with Crippen LogP contribution in [0.3, 0.4) is 0 Å². The lowest BCUT2D eigenvalue weighted by molar-refractivity contribution is -0.141. The molecule has 0 radical (unpaired) electrons. The highest BCUT2D eigenvalue weighted by Gasteiger charge is 2.40. The van der Waals surface area contributed by atoms with E-state index < -0.39 is 17.9 Å². The monoisotopic (exact) mass is 295 g/mol. The lowest BCUT2D eigenvalue weighted by Gasteiger charge is -2.21. The molecule has 21 heavy (non-hydrogen) atoms. The maximum absolute atomic E-state index is 12.4. The molecule has 1 aliphatic heterocycles. The first-order chi connectivity index (χ1) is 9.97. The van der Waals surface area contributed by atoms with Crippen molar-refractivity contribution in [3.8, 4) is 11.5 Å². The van der Waals surface area contributed by atoms with Gasteiger partial charge in [0, 0.05) is 26.1 Å². The van der Waals surface area contributed by atoms with Gasteiger partial charge in [0.15, 0.2) is 0 Å². The summed E-state index contributed by atoms with van der Waals surface area (Å²) >= 11 is 0. The van der Waals surface area contributed by atoms with Crippen molar-refractivity contribution in [1.82, 2.24) is 4.90 Å². The molecule has 1 fully saturated rings. The number of aliphatic carboxylic acids is 1. The summed E-state index contributed by atoms with van der Waals surface area (Å²) in [5.74, 6) is -1.46. The number of likely N-dealkylation sites (tertiary alicyclic amines) is 1. The number of amides is 1. The minimum Gasteiger partial charge on any atom is -0.507 e. The zero-order valence-electron chi connectivity index (χ0n) is 11.8. The summed E-state index contributed by atoms with van der Waals surface area (Å²) in [5.41, 5.74) is 0.0406. The first-order valence-corrected chi connectivity index (χ1v) is 6.41. The summed E-state index contributed by atoms with van der Waals surface area (Å²) in [4.78, 5) is 24.9. The van der Waals surface area contributed by atoms with Gasteiger partial charge in [-0.1, -0.05) is 0 Å². The smallest absolute Gasteiger partial charge is 0.326 e. The second kappa shape index (κ2) is 6.01. The Hall–Kier alpha value is -2.28. The van der Waals surface area contributed by atoms with Crippen molar-refractivity contribution in [3.05, 3.63) is 23.8 Å². The molecule has 0 aromatic heterocycles. The Balaban J connectivity index is 2.28. The Kier molecular flexibility index (Phi) is 4.32. The third kappa shape index (κ3) is 2.92. The number of phenolic OH excluding ortho intramolecular Hbond substituents is 1. The van der Waals surface area contributed by atoms with E-state index in [1.807, 2.05) is 0 Å². The second-order valence-corrected chi connectivity index (χ2v) is 4.79. The number of carboxylic acid groups (broad SMARTS) is 1. The summed E-state index contributed by atoms with van der Waals surface area (Å²) in [5, 5.41) is 19.1. The zero-order valence-corrected chi connectivity index (χ0v) is 11.8. The lowest BCUT2D eigenvalue weighted by atomic mass is 10.1. The Bertz CT molecular complexity index is 558. The van der Waals surface area contributed by atoms with Gasteiger partial charge >= 0.3 is 5.97 Å². The van der Waals surface area contributed by atoms with Crippen molar-refractivity contribution in [2.75, 3.05) is 20.8 Å². The Labute approximate surface area is 121 Å². The van der Waals surface area contributed by atoms with Gasteiger partial charge in [-0.25, -0.2) is 4.79 Å². The fourth-order valence-corrected chi connectivity index (χ4v) is 2.40. The van der Waals surface area contributed by atoms with E-state index in [2.05, 4.69) is 0 Å². The van der Waals surface area contributed by atoms with Crippen LogP contribution in [-0.4, -0.2) is 59.9 Å². The number of carboxylic acids is 1. The van der Waals surface area contributed by atoms with E-state index in [1.165, 1.54) is 37.3 Å². The highest BCUT2D eigenvalue weighted by Crippen LogP contribution is 2.28. The average Bonchev–Trinajstić information content (AvgIpc) is 2.91. The number of carbonyl (C=O) groups excluding carboxylic acids is 1. The summed E-state index contributed by atoms with van der Waals surface area (Å²) in [7, 11) is 2.92. The summed E-state index contributed by atoms with van der Waals surface area (Å²) in [6.07, 6.45) is -0.0930. The van der Waals surface area contributed by atoms with Gasteiger partial charge in [0.25, 0.3) is 5.91 Å². The number of nitrogens with zero attached hydrogens (tertiary/aromatic N) is 1. The number of aromatic hydroxyl groups is 1. The molecule has 1 aliphatic rings. The predicted molar refractivity (Wildman–Crippen MR) is 72.5 cm³/mol. The maximum atomic E-state index is 12.4. The average molecular weight is 295 g/mol. The van der Waals surface area contributed by atoms with Crippen LogP contribution in [0, 0.1) is 0 Å². The summed E-state index contributed by atoms with van der Waals surface area (Å²) in [6.45, 7) is 0.178. The Morgan fingerprint density at radius 2 is 2.05 bits per heavy atom. The van der Waals surface area contributed by atoms with Crippen LogP contribution < -0.4 is 4.74 Å². The molecule has 7 nitrogen and oxygen atoms in total. The van der Waals surface area contributed by atoms with Gasteiger partial charge in [-0.2, -0.15) is 0 Å². The van der Waals surface area contributed by atoms with Crippen LogP contribution in [0.4, 0.5) is 0 Å². The topological polar surface area (TPSA) is 96.3 Å². The number of hydrogen-bond donors (Lipinski definition) is 2. The molecule has 1 heterocycles. The molecule has 2 atom stereocenters. The van der Waals surface area contributed by atoms with Gasteiger partial charge in [0.2, 0.25) is 0 Å². The quantitative estimate of drug-likeness (QED) is 0.849. The molecular weight excluding hydrogens is 278 g/mol. The number of hydrogen-bond acceptors (Lipinski definition) is 5. The Morgan fingerprint density at radius 3 is 2.57 bits per heavy atom. The molecule has 2 unspecified atom stereocenters. The predicted octanol–water partition coefficient (Wildman–Crippen LogP) is 0.715. The van der Waals surface area contributed by atoms with E-state index in [9.17, 15) is 19.8 Å². The number of benzene rings is 1. The molecule has 0 aliphatic carbocycles. The molecular formula is C14H17NO6. The van der Waals surface area contributed by atoms with Crippen LogP contribution in [-0.2, 0) is 9.53 Å². The molecule has 7 heteroatoms. The van der Waals surface area contributed by atoms with E-state index in [1.54, 1.807) is 0 Å². The fraction of sp³-hybridized carbons (Fsp3) is 0.429. The lowest BCUT2D eigenvalue weighted by Crippen LogP contribution is -2.40. The standard InChI is InChI=1S/C14H17NO6/c1-20-8-3-4-10(12(16)6-8)13(17)15-7-9(21-2)5-11(15)14(18)19/h3-4,6,9,11,16H,5,7H2,1-2H3,(H,18,19). The van der Waals surface area contributed by atoms with Crippen molar-refractivity contribution in [2.24, 2.45) is 0 Å². The number of phenols is 1. The van der Waals surface area contributed by atoms with Crippen molar-refractivity contribution in [1.29, 1.82) is 0 Å². The third-order valence-electron chi connectivity index (χ3n) is 3.58. The molecule has 1 aromatic rings. The van der Waals surface area contributed by atoms with Gasteiger partial charge in [0.05, 0.1) is 18.8 Å².